The Kier molecular flexibility index (Phi) is 8.42. The van der Waals surface area contributed by atoms with Crippen LogP contribution in [-0.4, -0.2) is 24.1 Å². The number of para-hydroxylation sites is 2. The van der Waals surface area contributed by atoms with Gasteiger partial charge in [0.25, 0.3) is 0 Å². The molecule has 62 heavy (non-hydrogen) atoms. The van der Waals surface area contributed by atoms with Gasteiger partial charge in [-0.25, -0.2) is 14.5 Å². The van der Waals surface area contributed by atoms with Crippen LogP contribution in [0.5, 0.6) is 0 Å². The zero-order valence-electron chi connectivity index (χ0n) is 33.6. The SMILES string of the molecule is c1ccc(-c2cc(-c3cccc4c3c3ccccc3n4-c3ccccc3)nc(-c3cccc(-c4c(-c5ccccc5)nn5c(-c6ccccc6)cc6ccccc6c45)c3)n2)cc1. The molecule has 0 aliphatic rings. The number of nitrogens with zero attached hydrogens (tertiary/aromatic N) is 5. The van der Waals surface area contributed by atoms with Gasteiger partial charge in [-0.2, -0.15) is 5.10 Å². The first kappa shape index (κ1) is 35.5. The van der Waals surface area contributed by atoms with Crippen LogP contribution in [0.1, 0.15) is 0 Å². The Morgan fingerprint density at radius 1 is 0.387 bits per heavy atom. The van der Waals surface area contributed by atoms with E-state index in [0.29, 0.717) is 5.82 Å². The van der Waals surface area contributed by atoms with Crippen LogP contribution in [-0.2, 0) is 0 Å². The fourth-order valence-corrected chi connectivity index (χ4v) is 9.15. The molecule has 0 saturated heterocycles. The minimum atomic E-state index is 0.652. The van der Waals surface area contributed by atoms with Crippen molar-refractivity contribution in [2.45, 2.75) is 0 Å². The van der Waals surface area contributed by atoms with Crippen LogP contribution in [0, 0.1) is 0 Å². The Labute approximate surface area is 358 Å². The highest BCUT2D eigenvalue weighted by Gasteiger charge is 2.23. The number of hydrogen-bond donors (Lipinski definition) is 0. The summed E-state index contributed by atoms with van der Waals surface area (Å²) in [7, 11) is 0. The van der Waals surface area contributed by atoms with E-state index in [4.69, 9.17) is 15.1 Å². The van der Waals surface area contributed by atoms with Crippen molar-refractivity contribution in [3.8, 4) is 73.2 Å². The summed E-state index contributed by atoms with van der Waals surface area (Å²) in [5.41, 5.74) is 15.4. The molecule has 4 heterocycles. The highest BCUT2D eigenvalue weighted by molar-refractivity contribution is 6.15. The van der Waals surface area contributed by atoms with Crippen molar-refractivity contribution < 1.29 is 0 Å². The van der Waals surface area contributed by atoms with Gasteiger partial charge in [0.15, 0.2) is 5.82 Å². The van der Waals surface area contributed by atoms with Crippen LogP contribution in [0.15, 0.2) is 224 Å². The standard InChI is InChI=1S/C57H37N5/c1-5-19-38(20-6-1)48-37-49(46-32-18-34-51-54(46)47-31-15-16-33-50(47)61(51)44-28-11-4-12-29-44)59-57(58-48)43-27-17-26-42(35-43)53-55(40-23-9-3-10-24-40)60-62-52(39-21-7-2-8-22-39)36-41-25-13-14-30-45(41)56(53)62/h1-37H. The van der Waals surface area contributed by atoms with E-state index in [1.54, 1.807) is 0 Å². The molecule has 12 rings (SSSR count). The smallest absolute Gasteiger partial charge is 0.160 e. The summed E-state index contributed by atoms with van der Waals surface area (Å²) in [5.74, 6) is 0.652. The van der Waals surface area contributed by atoms with E-state index < -0.39 is 0 Å². The van der Waals surface area contributed by atoms with E-state index >= 15 is 0 Å². The second-order valence-electron chi connectivity index (χ2n) is 15.6. The minimum Gasteiger partial charge on any atom is -0.309 e. The predicted molar refractivity (Wildman–Crippen MR) is 255 cm³/mol. The highest BCUT2D eigenvalue weighted by Crippen LogP contribution is 2.43. The lowest BCUT2D eigenvalue weighted by Gasteiger charge is -2.13. The van der Waals surface area contributed by atoms with Crippen molar-refractivity contribution in [2.75, 3.05) is 0 Å². The van der Waals surface area contributed by atoms with Crippen LogP contribution >= 0.6 is 0 Å². The second kappa shape index (κ2) is 14.7. The van der Waals surface area contributed by atoms with Crippen LogP contribution in [0.2, 0.25) is 0 Å². The molecule has 0 fully saturated rings. The van der Waals surface area contributed by atoms with Crippen LogP contribution in [0.3, 0.4) is 0 Å². The van der Waals surface area contributed by atoms with Gasteiger partial charge in [0.05, 0.1) is 33.6 Å². The second-order valence-corrected chi connectivity index (χ2v) is 15.6. The van der Waals surface area contributed by atoms with Gasteiger partial charge in [0, 0.05) is 55.2 Å². The summed E-state index contributed by atoms with van der Waals surface area (Å²) in [6.45, 7) is 0. The molecule has 5 heteroatoms. The fourth-order valence-electron chi connectivity index (χ4n) is 9.15. The van der Waals surface area contributed by atoms with E-state index in [1.807, 2.05) is 6.07 Å². The van der Waals surface area contributed by atoms with E-state index in [9.17, 15) is 0 Å². The summed E-state index contributed by atoms with van der Waals surface area (Å²) in [4.78, 5) is 10.8. The van der Waals surface area contributed by atoms with Crippen molar-refractivity contribution in [2.24, 2.45) is 0 Å². The van der Waals surface area contributed by atoms with Gasteiger partial charge in [-0.3, -0.25) is 0 Å². The fraction of sp³-hybridized carbons (Fsp3) is 0. The molecule has 0 atom stereocenters. The Bertz CT molecular complexity index is 3610. The number of aromatic nitrogens is 5. The zero-order valence-corrected chi connectivity index (χ0v) is 33.6. The van der Waals surface area contributed by atoms with E-state index in [1.165, 1.54) is 5.39 Å². The molecule has 0 N–H and O–H groups in total. The number of pyridine rings is 1. The lowest BCUT2D eigenvalue weighted by atomic mass is 9.95. The molecule has 0 unspecified atom stereocenters. The Morgan fingerprint density at radius 3 is 1.74 bits per heavy atom. The topological polar surface area (TPSA) is 48.0 Å². The van der Waals surface area contributed by atoms with E-state index in [2.05, 4.69) is 227 Å². The Balaban J connectivity index is 1.11. The summed E-state index contributed by atoms with van der Waals surface area (Å²) in [6.07, 6.45) is 0. The maximum Gasteiger partial charge on any atom is 0.160 e. The van der Waals surface area contributed by atoms with Crippen LogP contribution < -0.4 is 0 Å². The normalized spacial score (nSPS) is 11.5. The molecule has 8 aromatic carbocycles. The largest absolute Gasteiger partial charge is 0.309 e. The van der Waals surface area contributed by atoms with Gasteiger partial charge in [-0.1, -0.05) is 182 Å². The molecule has 0 spiro atoms. The maximum absolute atomic E-state index is 5.47. The quantitative estimate of drug-likeness (QED) is 0.162. The molecule has 290 valence electrons. The minimum absolute atomic E-state index is 0.652. The third-order valence-corrected chi connectivity index (χ3v) is 11.9. The first-order valence-corrected chi connectivity index (χ1v) is 21.0. The molecule has 0 bridgehead atoms. The summed E-state index contributed by atoms with van der Waals surface area (Å²) < 4.78 is 4.49. The van der Waals surface area contributed by atoms with Crippen LogP contribution in [0.4, 0.5) is 0 Å². The van der Waals surface area contributed by atoms with Gasteiger partial charge < -0.3 is 4.57 Å². The molecular weight excluding hydrogens is 755 g/mol. The molecular formula is C57H37N5. The number of hydrogen-bond acceptors (Lipinski definition) is 3. The first-order chi connectivity index (χ1) is 30.8. The predicted octanol–water partition coefficient (Wildman–Crippen LogP) is 14.4. The monoisotopic (exact) mass is 791 g/mol. The molecule has 4 aromatic heterocycles. The van der Waals surface area contributed by atoms with Gasteiger partial charge in [-0.05, 0) is 53.4 Å². The van der Waals surface area contributed by atoms with E-state index in [-0.39, 0.29) is 0 Å². The molecule has 12 aromatic rings. The van der Waals surface area contributed by atoms with Crippen molar-refractivity contribution in [1.82, 2.24) is 24.1 Å². The van der Waals surface area contributed by atoms with Crippen LogP contribution in [0.25, 0.3) is 111 Å². The van der Waals surface area contributed by atoms with E-state index in [0.717, 1.165) is 100 Å². The van der Waals surface area contributed by atoms with Gasteiger partial charge in [0.2, 0.25) is 0 Å². The zero-order chi connectivity index (χ0) is 41.0. The van der Waals surface area contributed by atoms with Crippen molar-refractivity contribution in [1.29, 1.82) is 0 Å². The highest BCUT2D eigenvalue weighted by atomic mass is 15.2. The maximum atomic E-state index is 5.47. The summed E-state index contributed by atoms with van der Waals surface area (Å²) in [5, 5.41) is 10.1. The average molecular weight is 792 g/mol. The molecule has 0 aliphatic carbocycles. The molecule has 5 nitrogen and oxygen atoms in total. The number of fused-ring (bicyclic) bond motifs is 6. The number of rotatable bonds is 7. The number of benzene rings is 8. The van der Waals surface area contributed by atoms with Gasteiger partial charge in [-0.15, -0.1) is 0 Å². The molecule has 0 amide bonds. The van der Waals surface area contributed by atoms with Crippen molar-refractivity contribution in [3.63, 3.8) is 0 Å². The average Bonchev–Trinajstić information content (AvgIpc) is 3.92. The van der Waals surface area contributed by atoms with Gasteiger partial charge in [0.1, 0.15) is 5.69 Å². The summed E-state index contributed by atoms with van der Waals surface area (Å²) in [6, 6.07) is 79.0. The van der Waals surface area contributed by atoms with Crippen molar-refractivity contribution >= 4 is 38.1 Å². The first-order valence-electron chi connectivity index (χ1n) is 21.0. The molecule has 0 radical (unpaired) electrons. The van der Waals surface area contributed by atoms with Gasteiger partial charge >= 0.3 is 0 Å². The third kappa shape index (κ3) is 5.90. The van der Waals surface area contributed by atoms with Crippen molar-refractivity contribution in [3.05, 3.63) is 224 Å². The third-order valence-electron chi connectivity index (χ3n) is 11.9. The molecule has 0 saturated carbocycles. The summed E-state index contributed by atoms with van der Waals surface area (Å²) >= 11 is 0. The lowest BCUT2D eigenvalue weighted by molar-refractivity contribution is 0.979. The molecule has 0 aliphatic heterocycles. The Hall–Kier alpha value is -8.41. The Morgan fingerprint density at radius 2 is 0.968 bits per heavy atom. The lowest BCUT2D eigenvalue weighted by Crippen LogP contribution is -1.97.